The van der Waals surface area contributed by atoms with Gasteiger partial charge in [0.05, 0.1) is 6.10 Å². The van der Waals surface area contributed by atoms with Crippen molar-refractivity contribution in [3.05, 3.63) is 35.9 Å². The minimum Gasteiger partial charge on any atom is -0.364 e. The Kier molecular flexibility index (Phi) is 5.34. The fourth-order valence-electron chi connectivity index (χ4n) is 3.68. The molecule has 0 saturated carbocycles. The van der Waals surface area contributed by atoms with Gasteiger partial charge in [0.15, 0.2) is 0 Å². The Balaban J connectivity index is 1.48. The van der Waals surface area contributed by atoms with Crippen molar-refractivity contribution < 1.29 is 9.53 Å². The quantitative estimate of drug-likeness (QED) is 0.906. The second kappa shape index (κ2) is 7.45. The summed E-state index contributed by atoms with van der Waals surface area (Å²) in [5.41, 5.74) is 1.39. The van der Waals surface area contributed by atoms with E-state index in [-0.39, 0.29) is 24.2 Å². The van der Waals surface area contributed by atoms with Crippen molar-refractivity contribution in [2.24, 2.45) is 5.92 Å². The van der Waals surface area contributed by atoms with Crippen LogP contribution in [0.25, 0.3) is 0 Å². The predicted octanol–water partition coefficient (Wildman–Crippen LogP) is 2.23. The average molecular weight is 316 g/mol. The molecule has 0 aromatic heterocycles. The molecule has 2 heterocycles. The molecule has 4 nitrogen and oxygen atoms in total. The van der Waals surface area contributed by atoms with Gasteiger partial charge in [-0.3, -0.25) is 4.79 Å². The zero-order chi connectivity index (χ0) is 16.2. The van der Waals surface area contributed by atoms with Crippen molar-refractivity contribution in [1.82, 2.24) is 10.2 Å². The van der Waals surface area contributed by atoms with E-state index in [9.17, 15) is 4.79 Å². The first-order valence-corrected chi connectivity index (χ1v) is 8.84. The lowest BCUT2D eigenvalue weighted by molar-refractivity contribution is -0.133. The Morgan fingerprint density at radius 3 is 2.87 bits per heavy atom. The molecule has 1 amide bonds. The molecule has 4 heteroatoms. The van der Waals surface area contributed by atoms with E-state index >= 15 is 0 Å². The van der Waals surface area contributed by atoms with Gasteiger partial charge in [-0.2, -0.15) is 0 Å². The summed E-state index contributed by atoms with van der Waals surface area (Å²) in [4.78, 5) is 14.6. The molecule has 2 fully saturated rings. The Labute approximate surface area is 139 Å². The highest BCUT2D eigenvalue weighted by Crippen LogP contribution is 2.33. The standard InChI is InChI=1S/C19H28N2O2/c1-14(2)20-19(22)17-12-16-9-11-21(13-18(16)23-17)10-8-15-6-4-3-5-7-15/h3-7,14,16-18H,8-13H2,1-2H3,(H,20,22)/t16-,17-,18-/m0/s1. The van der Waals surface area contributed by atoms with Gasteiger partial charge in [0, 0.05) is 19.1 Å². The smallest absolute Gasteiger partial charge is 0.249 e. The number of hydrogen-bond donors (Lipinski definition) is 1. The topological polar surface area (TPSA) is 41.6 Å². The highest BCUT2D eigenvalue weighted by atomic mass is 16.5. The van der Waals surface area contributed by atoms with Crippen LogP contribution in [0.3, 0.4) is 0 Å². The van der Waals surface area contributed by atoms with Crippen LogP contribution in [0, 0.1) is 5.92 Å². The lowest BCUT2D eigenvalue weighted by Crippen LogP contribution is -2.43. The van der Waals surface area contributed by atoms with Crippen molar-refractivity contribution >= 4 is 5.91 Å². The number of benzene rings is 1. The van der Waals surface area contributed by atoms with Crippen LogP contribution in [0.15, 0.2) is 30.3 Å². The molecule has 3 rings (SSSR count). The summed E-state index contributed by atoms with van der Waals surface area (Å²) < 4.78 is 6.06. The van der Waals surface area contributed by atoms with Crippen molar-refractivity contribution in [2.45, 2.75) is 51.4 Å². The third-order valence-corrected chi connectivity index (χ3v) is 4.92. The van der Waals surface area contributed by atoms with Gasteiger partial charge in [-0.25, -0.2) is 0 Å². The number of nitrogens with zero attached hydrogens (tertiary/aromatic N) is 1. The molecule has 2 saturated heterocycles. The van der Waals surface area contributed by atoms with E-state index < -0.39 is 0 Å². The first-order chi connectivity index (χ1) is 11.1. The molecular formula is C19H28N2O2. The number of carbonyl (C=O) groups excluding carboxylic acids is 1. The van der Waals surface area contributed by atoms with Crippen LogP contribution in [0.2, 0.25) is 0 Å². The number of nitrogens with one attached hydrogen (secondary N) is 1. The van der Waals surface area contributed by atoms with Crippen LogP contribution in [-0.2, 0) is 16.0 Å². The number of piperidine rings is 1. The van der Waals surface area contributed by atoms with Gasteiger partial charge in [-0.15, -0.1) is 0 Å². The van der Waals surface area contributed by atoms with Gasteiger partial charge < -0.3 is 15.0 Å². The first kappa shape index (κ1) is 16.5. The SMILES string of the molecule is CC(C)NC(=O)[C@@H]1C[C@@H]2CCN(CCc3ccccc3)C[C@@H]2O1. The molecule has 0 spiro atoms. The van der Waals surface area contributed by atoms with Crippen LogP contribution in [0.5, 0.6) is 0 Å². The van der Waals surface area contributed by atoms with E-state index in [4.69, 9.17) is 4.74 Å². The van der Waals surface area contributed by atoms with Gasteiger partial charge in [-0.1, -0.05) is 30.3 Å². The van der Waals surface area contributed by atoms with E-state index in [2.05, 4.69) is 40.5 Å². The highest BCUT2D eigenvalue weighted by molar-refractivity contribution is 5.81. The number of hydrogen-bond acceptors (Lipinski definition) is 3. The maximum absolute atomic E-state index is 12.1. The lowest BCUT2D eigenvalue weighted by Gasteiger charge is -2.34. The molecule has 1 aromatic rings. The molecule has 2 aliphatic heterocycles. The first-order valence-electron chi connectivity index (χ1n) is 8.84. The second-order valence-electron chi connectivity index (χ2n) is 7.15. The van der Waals surface area contributed by atoms with Crippen LogP contribution in [-0.4, -0.2) is 48.7 Å². The molecule has 0 unspecified atom stereocenters. The molecule has 23 heavy (non-hydrogen) atoms. The molecule has 2 aliphatic rings. The van der Waals surface area contributed by atoms with E-state index in [1.807, 2.05) is 13.8 Å². The molecule has 0 radical (unpaired) electrons. The molecular weight excluding hydrogens is 288 g/mol. The Morgan fingerprint density at radius 1 is 1.35 bits per heavy atom. The van der Waals surface area contributed by atoms with Crippen molar-refractivity contribution in [3.8, 4) is 0 Å². The second-order valence-corrected chi connectivity index (χ2v) is 7.15. The van der Waals surface area contributed by atoms with E-state index in [0.29, 0.717) is 5.92 Å². The molecule has 1 aromatic carbocycles. The number of amides is 1. The summed E-state index contributed by atoms with van der Waals surface area (Å²) in [6.07, 6.45) is 3.08. The summed E-state index contributed by atoms with van der Waals surface area (Å²) in [5.74, 6) is 0.608. The average Bonchev–Trinajstić information content (AvgIpc) is 2.96. The van der Waals surface area contributed by atoms with Crippen molar-refractivity contribution in [3.63, 3.8) is 0 Å². The Morgan fingerprint density at radius 2 is 2.13 bits per heavy atom. The minimum absolute atomic E-state index is 0.0604. The van der Waals surface area contributed by atoms with E-state index in [0.717, 1.165) is 38.9 Å². The third-order valence-electron chi connectivity index (χ3n) is 4.92. The van der Waals surface area contributed by atoms with Crippen molar-refractivity contribution in [1.29, 1.82) is 0 Å². The Bertz CT molecular complexity index is 517. The predicted molar refractivity (Wildman–Crippen MR) is 91.2 cm³/mol. The number of ether oxygens (including phenoxy) is 1. The van der Waals surface area contributed by atoms with Gasteiger partial charge in [0.2, 0.25) is 5.91 Å². The van der Waals surface area contributed by atoms with Crippen LogP contribution >= 0.6 is 0 Å². The summed E-state index contributed by atoms with van der Waals surface area (Å²) in [6, 6.07) is 10.8. The van der Waals surface area contributed by atoms with E-state index in [1.54, 1.807) is 0 Å². The molecule has 3 atom stereocenters. The lowest BCUT2D eigenvalue weighted by atomic mass is 9.91. The summed E-state index contributed by atoms with van der Waals surface area (Å²) >= 11 is 0. The number of carbonyl (C=O) groups is 1. The fourth-order valence-corrected chi connectivity index (χ4v) is 3.68. The van der Waals surface area contributed by atoms with E-state index in [1.165, 1.54) is 5.56 Å². The van der Waals surface area contributed by atoms with Gasteiger partial charge in [-0.05, 0) is 51.1 Å². The van der Waals surface area contributed by atoms with Gasteiger partial charge in [0.25, 0.3) is 0 Å². The molecule has 0 bridgehead atoms. The molecule has 1 N–H and O–H groups in total. The normalized spacial score (nSPS) is 27.9. The fraction of sp³-hybridized carbons (Fsp3) is 0.632. The van der Waals surface area contributed by atoms with Crippen LogP contribution in [0.4, 0.5) is 0 Å². The zero-order valence-electron chi connectivity index (χ0n) is 14.2. The maximum atomic E-state index is 12.1. The molecule has 126 valence electrons. The monoisotopic (exact) mass is 316 g/mol. The third kappa shape index (κ3) is 4.33. The number of rotatable bonds is 5. The van der Waals surface area contributed by atoms with Gasteiger partial charge >= 0.3 is 0 Å². The number of likely N-dealkylation sites (tertiary alicyclic amines) is 1. The highest BCUT2D eigenvalue weighted by Gasteiger charge is 2.41. The zero-order valence-corrected chi connectivity index (χ0v) is 14.2. The Hall–Kier alpha value is -1.39. The largest absolute Gasteiger partial charge is 0.364 e. The van der Waals surface area contributed by atoms with Crippen LogP contribution in [0.1, 0.15) is 32.3 Å². The number of fused-ring (bicyclic) bond motifs is 1. The van der Waals surface area contributed by atoms with Gasteiger partial charge in [0.1, 0.15) is 6.10 Å². The molecule has 0 aliphatic carbocycles. The maximum Gasteiger partial charge on any atom is 0.249 e. The van der Waals surface area contributed by atoms with Crippen LogP contribution < -0.4 is 5.32 Å². The minimum atomic E-state index is -0.249. The summed E-state index contributed by atoms with van der Waals surface area (Å²) in [7, 11) is 0. The van der Waals surface area contributed by atoms with Crippen molar-refractivity contribution in [2.75, 3.05) is 19.6 Å². The summed E-state index contributed by atoms with van der Waals surface area (Å²) in [5, 5.41) is 2.97. The summed E-state index contributed by atoms with van der Waals surface area (Å²) in [6.45, 7) is 7.13.